The molecule has 2 aromatic carbocycles. The molecule has 4 rings (SSSR count). The van der Waals surface area contributed by atoms with E-state index in [0.29, 0.717) is 0 Å². The molecule has 0 spiro atoms. The van der Waals surface area contributed by atoms with Crippen molar-refractivity contribution in [2.45, 2.75) is 31.3 Å². The van der Waals surface area contributed by atoms with Crippen molar-refractivity contribution in [3.05, 3.63) is 64.7 Å². The lowest BCUT2D eigenvalue weighted by Crippen LogP contribution is -2.32. The van der Waals surface area contributed by atoms with Crippen LogP contribution in [0.15, 0.2) is 42.5 Å². The standard InChI is InChI=1S/C18H18O2/c19-18(11-4-7-13-5-1-2-8-15(13)18)16-9-3-6-14-10-12-20-17(14)16/h1-3,5-6,8-9,19H,4,7,10-12H2. The van der Waals surface area contributed by atoms with E-state index in [4.69, 9.17) is 4.74 Å². The molecule has 0 saturated carbocycles. The van der Waals surface area contributed by atoms with Crippen molar-refractivity contribution in [1.29, 1.82) is 0 Å². The molecule has 0 amide bonds. The molecule has 1 N–H and O–H groups in total. The minimum Gasteiger partial charge on any atom is -0.493 e. The Kier molecular flexibility index (Phi) is 2.61. The van der Waals surface area contributed by atoms with Crippen molar-refractivity contribution in [3.8, 4) is 5.75 Å². The third-order valence-corrected chi connectivity index (χ3v) is 4.61. The molecule has 0 radical (unpaired) electrons. The number of para-hydroxylation sites is 1. The minimum atomic E-state index is -0.898. The van der Waals surface area contributed by atoms with Crippen LogP contribution in [0.25, 0.3) is 0 Å². The molecule has 1 atom stereocenters. The van der Waals surface area contributed by atoms with Gasteiger partial charge in [-0.05, 0) is 36.0 Å². The van der Waals surface area contributed by atoms with Gasteiger partial charge in [-0.3, -0.25) is 0 Å². The lowest BCUT2D eigenvalue weighted by Gasteiger charge is -2.35. The van der Waals surface area contributed by atoms with E-state index in [9.17, 15) is 5.11 Å². The molecular weight excluding hydrogens is 248 g/mol. The van der Waals surface area contributed by atoms with Crippen LogP contribution in [-0.4, -0.2) is 11.7 Å². The van der Waals surface area contributed by atoms with Gasteiger partial charge < -0.3 is 9.84 Å². The maximum Gasteiger partial charge on any atom is 0.129 e. The smallest absolute Gasteiger partial charge is 0.129 e. The fourth-order valence-electron chi connectivity index (χ4n) is 3.63. The predicted octanol–water partition coefficient (Wildman–Crippen LogP) is 3.19. The molecule has 0 fully saturated rings. The van der Waals surface area contributed by atoms with Crippen molar-refractivity contribution in [2.75, 3.05) is 6.61 Å². The van der Waals surface area contributed by atoms with E-state index in [1.807, 2.05) is 18.2 Å². The van der Waals surface area contributed by atoms with Crippen LogP contribution in [0.5, 0.6) is 5.75 Å². The predicted molar refractivity (Wildman–Crippen MR) is 78.0 cm³/mol. The molecule has 1 heterocycles. The Morgan fingerprint density at radius 1 is 0.900 bits per heavy atom. The van der Waals surface area contributed by atoms with Crippen LogP contribution < -0.4 is 4.74 Å². The SMILES string of the molecule is OC1(c2cccc3c2OCC3)CCCc2ccccc21. The summed E-state index contributed by atoms with van der Waals surface area (Å²) in [4.78, 5) is 0. The molecule has 20 heavy (non-hydrogen) atoms. The summed E-state index contributed by atoms with van der Waals surface area (Å²) in [5, 5.41) is 11.4. The first kappa shape index (κ1) is 12.0. The zero-order chi connectivity index (χ0) is 13.6. The van der Waals surface area contributed by atoms with Gasteiger partial charge in [0.05, 0.1) is 6.61 Å². The summed E-state index contributed by atoms with van der Waals surface area (Å²) in [5.41, 5.74) is 3.58. The maximum atomic E-state index is 11.4. The van der Waals surface area contributed by atoms with Crippen LogP contribution in [-0.2, 0) is 18.4 Å². The van der Waals surface area contributed by atoms with Crippen molar-refractivity contribution in [1.82, 2.24) is 0 Å². The number of benzene rings is 2. The highest BCUT2D eigenvalue weighted by molar-refractivity contribution is 5.52. The Morgan fingerprint density at radius 2 is 1.70 bits per heavy atom. The quantitative estimate of drug-likeness (QED) is 0.859. The highest BCUT2D eigenvalue weighted by Gasteiger charge is 2.39. The average molecular weight is 266 g/mol. The van der Waals surface area contributed by atoms with Crippen LogP contribution in [0.4, 0.5) is 0 Å². The van der Waals surface area contributed by atoms with Crippen molar-refractivity contribution < 1.29 is 9.84 Å². The first-order chi connectivity index (χ1) is 9.79. The third kappa shape index (κ3) is 1.61. The number of fused-ring (bicyclic) bond motifs is 2. The zero-order valence-corrected chi connectivity index (χ0v) is 11.4. The molecule has 2 aliphatic rings. The van der Waals surface area contributed by atoms with Gasteiger partial charge in [0.1, 0.15) is 11.4 Å². The molecule has 2 heteroatoms. The second-order valence-electron chi connectivity index (χ2n) is 5.76. The Bertz CT molecular complexity index is 662. The highest BCUT2D eigenvalue weighted by Crippen LogP contribution is 2.45. The van der Waals surface area contributed by atoms with Crippen molar-refractivity contribution in [2.24, 2.45) is 0 Å². The summed E-state index contributed by atoms with van der Waals surface area (Å²) in [6, 6.07) is 14.4. The first-order valence-electron chi connectivity index (χ1n) is 7.35. The number of aliphatic hydroxyl groups is 1. The Morgan fingerprint density at radius 3 is 2.65 bits per heavy atom. The summed E-state index contributed by atoms with van der Waals surface area (Å²) in [6.45, 7) is 0.726. The first-order valence-corrected chi connectivity index (χ1v) is 7.35. The van der Waals surface area contributed by atoms with Gasteiger partial charge in [0.25, 0.3) is 0 Å². The fourth-order valence-corrected chi connectivity index (χ4v) is 3.63. The van der Waals surface area contributed by atoms with Crippen LogP contribution in [0.3, 0.4) is 0 Å². The summed E-state index contributed by atoms with van der Waals surface area (Å²) in [6.07, 6.45) is 3.77. The van der Waals surface area contributed by atoms with E-state index >= 15 is 0 Å². The zero-order valence-electron chi connectivity index (χ0n) is 11.4. The molecule has 1 unspecified atom stereocenters. The largest absolute Gasteiger partial charge is 0.493 e. The van der Waals surface area contributed by atoms with Gasteiger partial charge in [0.2, 0.25) is 0 Å². The van der Waals surface area contributed by atoms with Crippen LogP contribution >= 0.6 is 0 Å². The third-order valence-electron chi connectivity index (χ3n) is 4.61. The van der Waals surface area contributed by atoms with Gasteiger partial charge in [0, 0.05) is 12.0 Å². The van der Waals surface area contributed by atoms with E-state index in [-0.39, 0.29) is 0 Å². The topological polar surface area (TPSA) is 29.5 Å². The van der Waals surface area contributed by atoms with E-state index < -0.39 is 5.60 Å². The second kappa shape index (κ2) is 4.35. The van der Waals surface area contributed by atoms with Gasteiger partial charge in [-0.1, -0.05) is 42.5 Å². The molecule has 2 aromatic rings. The average Bonchev–Trinajstić information content (AvgIpc) is 2.96. The molecule has 1 aliphatic carbocycles. The highest BCUT2D eigenvalue weighted by atomic mass is 16.5. The molecule has 1 aliphatic heterocycles. The summed E-state index contributed by atoms with van der Waals surface area (Å²) in [5.74, 6) is 0.909. The molecular formula is C18H18O2. The Hall–Kier alpha value is -1.80. The van der Waals surface area contributed by atoms with Gasteiger partial charge >= 0.3 is 0 Å². The molecule has 2 nitrogen and oxygen atoms in total. The minimum absolute atomic E-state index is 0.726. The van der Waals surface area contributed by atoms with Gasteiger partial charge in [-0.2, -0.15) is 0 Å². The number of hydrogen-bond acceptors (Lipinski definition) is 2. The fraction of sp³-hybridized carbons (Fsp3) is 0.333. The number of ether oxygens (including phenoxy) is 1. The molecule has 0 saturated heterocycles. The maximum absolute atomic E-state index is 11.4. The molecule has 102 valence electrons. The van der Waals surface area contributed by atoms with Gasteiger partial charge in [0.15, 0.2) is 0 Å². The van der Waals surface area contributed by atoms with E-state index in [2.05, 4.69) is 24.3 Å². The molecule has 0 aromatic heterocycles. The monoisotopic (exact) mass is 266 g/mol. The lowest BCUT2D eigenvalue weighted by molar-refractivity contribution is 0.0589. The van der Waals surface area contributed by atoms with Crippen LogP contribution in [0.2, 0.25) is 0 Å². The van der Waals surface area contributed by atoms with E-state index in [0.717, 1.165) is 49.2 Å². The van der Waals surface area contributed by atoms with Crippen LogP contribution in [0, 0.1) is 0 Å². The second-order valence-corrected chi connectivity index (χ2v) is 5.76. The van der Waals surface area contributed by atoms with Crippen molar-refractivity contribution >= 4 is 0 Å². The number of aryl methyl sites for hydroxylation is 1. The van der Waals surface area contributed by atoms with Gasteiger partial charge in [-0.15, -0.1) is 0 Å². The Balaban J connectivity index is 1.93. The molecule has 0 bridgehead atoms. The Labute approximate surface area is 119 Å². The summed E-state index contributed by atoms with van der Waals surface area (Å²) < 4.78 is 5.80. The summed E-state index contributed by atoms with van der Waals surface area (Å²) >= 11 is 0. The van der Waals surface area contributed by atoms with Crippen LogP contribution in [0.1, 0.15) is 35.1 Å². The van der Waals surface area contributed by atoms with Gasteiger partial charge in [-0.25, -0.2) is 0 Å². The summed E-state index contributed by atoms with van der Waals surface area (Å²) in [7, 11) is 0. The van der Waals surface area contributed by atoms with E-state index in [1.54, 1.807) is 0 Å². The lowest BCUT2D eigenvalue weighted by atomic mass is 9.74. The van der Waals surface area contributed by atoms with Crippen molar-refractivity contribution in [3.63, 3.8) is 0 Å². The normalized spacial score (nSPS) is 23.9. The number of rotatable bonds is 1. The number of hydrogen-bond donors (Lipinski definition) is 1. The van der Waals surface area contributed by atoms with E-state index in [1.165, 1.54) is 11.1 Å².